The van der Waals surface area contributed by atoms with Crippen LogP contribution in [0.1, 0.15) is 38.1 Å². The molecule has 1 amide bonds. The number of nitrogens with one attached hydrogen (secondary N) is 1. The van der Waals surface area contributed by atoms with E-state index >= 15 is 0 Å². The molecule has 1 aromatic heterocycles. The molecule has 0 saturated heterocycles. The van der Waals surface area contributed by atoms with Crippen molar-refractivity contribution >= 4 is 23.7 Å². The Morgan fingerprint density at radius 1 is 1.59 bits per heavy atom. The Hall–Kier alpha value is -1.36. The van der Waals surface area contributed by atoms with Gasteiger partial charge < -0.3 is 14.8 Å². The zero-order valence-electron chi connectivity index (χ0n) is 10.2. The molecular formula is C12H17NO3S. The van der Waals surface area contributed by atoms with Gasteiger partial charge in [-0.1, -0.05) is 6.07 Å². The van der Waals surface area contributed by atoms with Crippen molar-refractivity contribution in [2.45, 2.75) is 38.8 Å². The Balaban J connectivity index is 2.62. The molecule has 1 N–H and O–H groups in total. The Morgan fingerprint density at radius 2 is 2.29 bits per heavy atom. The summed E-state index contributed by atoms with van der Waals surface area (Å²) in [4.78, 5) is 23.1. The molecule has 1 rings (SSSR count). The Kier molecular flexibility index (Phi) is 4.69. The zero-order chi connectivity index (χ0) is 12.9. The average Bonchev–Trinajstić information content (AvgIpc) is 2.66. The minimum Gasteiger partial charge on any atom is -0.444 e. The van der Waals surface area contributed by atoms with Crippen molar-refractivity contribution in [3.05, 3.63) is 22.4 Å². The van der Waals surface area contributed by atoms with Crippen LogP contribution in [0.4, 0.5) is 4.79 Å². The molecular weight excluding hydrogens is 238 g/mol. The van der Waals surface area contributed by atoms with E-state index in [-0.39, 0.29) is 12.5 Å². The van der Waals surface area contributed by atoms with Gasteiger partial charge in [0.25, 0.3) is 0 Å². The maximum absolute atomic E-state index is 11.6. The zero-order valence-corrected chi connectivity index (χ0v) is 11.0. The number of alkyl carbamates (subject to hydrolysis) is 1. The van der Waals surface area contributed by atoms with Gasteiger partial charge in [-0.3, -0.25) is 0 Å². The summed E-state index contributed by atoms with van der Waals surface area (Å²) in [6, 6.07) is 3.47. The number of carbonyl (C=O) groups is 2. The van der Waals surface area contributed by atoms with E-state index in [1.165, 1.54) is 11.3 Å². The normalized spacial score (nSPS) is 12.9. The number of rotatable bonds is 4. The summed E-state index contributed by atoms with van der Waals surface area (Å²) in [5.41, 5.74) is -0.536. The monoisotopic (exact) mass is 255 g/mol. The maximum Gasteiger partial charge on any atom is 0.408 e. The smallest absolute Gasteiger partial charge is 0.408 e. The summed E-state index contributed by atoms with van der Waals surface area (Å²) < 4.78 is 5.15. The van der Waals surface area contributed by atoms with Crippen LogP contribution in [0.15, 0.2) is 17.5 Å². The molecule has 5 heteroatoms. The Bertz CT molecular complexity index is 368. The second-order valence-corrected chi connectivity index (χ2v) is 5.60. The highest BCUT2D eigenvalue weighted by molar-refractivity contribution is 7.10. The minimum atomic E-state index is -0.536. The van der Waals surface area contributed by atoms with Gasteiger partial charge in [-0.05, 0) is 32.2 Å². The second-order valence-electron chi connectivity index (χ2n) is 4.62. The molecule has 0 saturated carbocycles. The van der Waals surface area contributed by atoms with Crippen LogP contribution < -0.4 is 5.32 Å². The first kappa shape index (κ1) is 13.7. The first-order valence-electron chi connectivity index (χ1n) is 5.39. The molecule has 0 aromatic carbocycles. The summed E-state index contributed by atoms with van der Waals surface area (Å²) >= 11 is 1.50. The van der Waals surface area contributed by atoms with E-state index in [0.717, 1.165) is 11.2 Å². The first-order chi connectivity index (χ1) is 7.92. The lowest BCUT2D eigenvalue weighted by atomic mass is 10.2. The lowest BCUT2D eigenvalue weighted by Gasteiger charge is -2.22. The van der Waals surface area contributed by atoms with Gasteiger partial charge in [0.15, 0.2) is 0 Å². The van der Waals surface area contributed by atoms with Crippen molar-refractivity contribution in [2.24, 2.45) is 0 Å². The van der Waals surface area contributed by atoms with E-state index in [1.54, 1.807) is 20.8 Å². The topological polar surface area (TPSA) is 55.4 Å². The number of aldehydes is 1. The summed E-state index contributed by atoms with van der Waals surface area (Å²) in [5, 5.41) is 4.60. The van der Waals surface area contributed by atoms with Crippen LogP contribution in [0.3, 0.4) is 0 Å². The predicted octanol–water partition coefficient (Wildman–Crippen LogP) is 2.90. The molecule has 4 nitrogen and oxygen atoms in total. The van der Waals surface area contributed by atoms with E-state index in [1.807, 2.05) is 17.5 Å². The molecule has 0 aliphatic rings. The number of carbonyl (C=O) groups excluding carboxylic acids is 2. The van der Waals surface area contributed by atoms with Crippen molar-refractivity contribution in [3.63, 3.8) is 0 Å². The van der Waals surface area contributed by atoms with Gasteiger partial charge in [0, 0.05) is 11.3 Å². The number of ether oxygens (including phenoxy) is 1. The van der Waals surface area contributed by atoms with Crippen molar-refractivity contribution in [3.8, 4) is 0 Å². The van der Waals surface area contributed by atoms with Gasteiger partial charge >= 0.3 is 6.09 Å². The van der Waals surface area contributed by atoms with Gasteiger partial charge in [-0.2, -0.15) is 0 Å². The SMILES string of the molecule is CC(C)(C)OC(=O)NC(CC=O)c1cccs1. The number of thiophene rings is 1. The molecule has 0 spiro atoms. The van der Waals surface area contributed by atoms with E-state index in [0.29, 0.717) is 0 Å². The fraction of sp³-hybridized carbons (Fsp3) is 0.500. The first-order valence-corrected chi connectivity index (χ1v) is 6.27. The fourth-order valence-corrected chi connectivity index (χ4v) is 2.07. The van der Waals surface area contributed by atoms with Crippen LogP contribution >= 0.6 is 11.3 Å². The third-order valence-corrected chi connectivity index (χ3v) is 2.90. The maximum atomic E-state index is 11.6. The molecule has 1 heterocycles. The third kappa shape index (κ3) is 4.99. The van der Waals surface area contributed by atoms with E-state index < -0.39 is 11.7 Å². The van der Waals surface area contributed by atoms with Crippen LogP contribution in [0.5, 0.6) is 0 Å². The fourth-order valence-electron chi connectivity index (χ4n) is 1.28. The third-order valence-electron chi connectivity index (χ3n) is 1.91. The molecule has 0 aliphatic carbocycles. The van der Waals surface area contributed by atoms with E-state index in [2.05, 4.69) is 5.32 Å². The van der Waals surface area contributed by atoms with E-state index in [4.69, 9.17) is 4.74 Å². The van der Waals surface area contributed by atoms with Crippen LogP contribution in [0, 0.1) is 0 Å². The van der Waals surface area contributed by atoms with Gasteiger partial charge in [0.2, 0.25) is 0 Å². The quantitative estimate of drug-likeness (QED) is 0.842. The van der Waals surface area contributed by atoms with Gasteiger partial charge in [0.05, 0.1) is 6.04 Å². The molecule has 17 heavy (non-hydrogen) atoms. The molecule has 0 bridgehead atoms. The molecule has 0 aliphatic heterocycles. The largest absolute Gasteiger partial charge is 0.444 e. The number of hydrogen-bond donors (Lipinski definition) is 1. The summed E-state index contributed by atoms with van der Waals surface area (Å²) in [7, 11) is 0. The summed E-state index contributed by atoms with van der Waals surface area (Å²) in [6.07, 6.45) is 0.541. The highest BCUT2D eigenvalue weighted by Crippen LogP contribution is 2.21. The molecule has 1 aromatic rings. The van der Waals surface area contributed by atoms with E-state index in [9.17, 15) is 9.59 Å². The molecule has 1 unspecified atom stereocenters. The van der Waals surface area contributed by atoms with Crippen LogP contribution in [-0.2, 0) is 9.53 Å². The molecule has 1 atom stereocenters. The number of amides is 1. The Labute approximate surface area is 105 Å². The van der Waals surface area contributed by atoms with Crippen LogP contribution in [0.25, 0.3) is 0 Å². The molecule has 0 fully saturated rings. The van der Waals surface area contributed by atoms with Gasteiger partial charge in [0.1, 0.15) is 11.9 Å². The Morgan fingerprint density at radius 3 is 2.76 bits per heavy atom. The van der Waals surface area contributed by atoms with Crippen molar-refractivity contribution in [2.75, 3.05) is 0 Å². The van der Waals surface area contributed by atoms with Gasteiger partial charge in [-0.15, -0.1) is 11.3 Å². The van der Waals surface area contributed by atoms with Crippen molar-refractivity contribution < 1.29 is 14.3 Å². The standard InChI is InChI=1S/C12H17NO3S/c1-12(2,3)16-11(15)13-9(6-7-14)10-5-4-8-17-10/h4-5,7-9H,6H2,1-3H3,(H,13,15). The summed E-state index contributed by atoms with van der Waals surface area (Å²) in [5.74, 6) is 0. The second kappa shape index (κ2) is 5.82. The highest BCUT2D eigenvalue weighted by atomic mass is 32.1. The average molecular weight is 255 g/mol. The van der Waals surface area contributed by atoms with Crippen molar-refractivity contribution in [1.29, 1.82) is 0 Å². The highest BCUT2D eigenvalue weighted by Gasteiger charge is 2.20. The van der Waals surface area contributed by atoms with Gasteiger partial charge in [-0.25, -0.2) is 4.79 Å². The van der Waals surface area contributed by atoms with Crippen molar-refractivity contribution in [1.82, 2.24) is 5.32 Å². The van der Waals surface area contributed by atoms with Crippen LogP contribution in [0.2, 0.25) is 0 Å². The molecule has 0 radical (unpaired) electrons. The summed E-state index contributed by atoms with van der Waals surface area (Å²) in [6.45, 7) is 5.39. The number of hydrogen-bond acceptors (Lipinski definition) is 4. The minimum absolute atomic E-state index is 0.250. The molecule has 94 valence electrons. The lowest BCUT2D eigenvalue weighted by molar-refractivity contribution is -0.108. The predicted molar refractivity (Wildman–Crippen MR) is 67.1 cm³/mol. The lowest BCUT2D eigenvalue weighted by Crippen LogP contribution is -2.34. The van der Waals surface area contributed by atoms with Crippen LogP contribution in [-0.4, -0.2) is 18.0 Å².